The van der Waals surface area contributed by atoms with Crippen molar-refractivity contribution in [2.45, 2.75) is 39.3 Å². The van der Waals surface area contributed by atoms with E-state index >= 15 is 0 Å². The second-order valence-corrected chi connectivity index (χ2v) is 5.96. The van der Waals surface area contributed by atoms with Crippen LogP contribution in [0.25, 0.3) is 10.9 Å². The summed E-state index contributed by atoms with van der Waals surface area (Å²) in [6.07, 6.45) is 3.90. The average Bonchev–Trinajstić information content (AvgIpc) is 2.41. The van der Waals surface area contributed by atoms with Crippen molar-refractivity contribution in [3.8, 4) is 0 Å². The number of aliphatic hydroxyl groups is 1. The average molecular weight is 288 g/mol. The highest BCUT2D eigenvalue weighted by atomic mass is 19.1. The predicted octanol–water partition coefficient (Wildman–Crippen LogP) is 3.06. The summed E-state index contributed by atoms with van der Waals surface area (Å²) in [6.45, 7) is 3.30. The quantitative estimate of drug-likeness (QED) is 0.889. The molecule has 2 N–H and O–H groups in total. The molecule has 1 fully saturated rings. The normalized spacial score (nSPS) is 15.4. The molecule has 0 unspecified atom stereocenters. The lowest BCUT2D eigenvalue weighted by molar-refractivity contribution is 0.280. The molecule has 1 aliphatic rings. The van der Waals surface area contributed by atoms with Crippen molar-refractivity contribution in [2.75, 3.05) is 6.54 Å². The third-order valence-corrected chi connectivity index (χ3v) is 4.42. The third kappa shape index (κ3) is 3.06. The standard InChI is InChI=1S/C17H21FN2O/c1-11-15(10-21)6-13-5-14(16(18)7-17(13)20-11)9-19-8-12-3-2-4-12/h5-7,12,19,21H,2-4,8-10H2,1H3. The van der Waals surface area contributed by atoms with Crippen LogP contribution in [0.4, 0.5) is 4.39 Å². The van der Waals surface area contributed by atoms with E-state index in [4.69, 9.17) is 0 Å². The Kier molecular flexibility index (Phi) is 4.17. The van der Waals surface area contributed by atoms with E-state index in [0.717, 1.165) is 29.1 Å². The van der Waals surface area contributed by atoms with Crippen LogP contribution in [0, 0.1) is 18.7 Å². The summed E-state index contributed by atoms with van der Waals surface area (Å²) in [6, 6.07) is 5.22. The lowest BCUT2D eigenvalue weighted by Gasteiger charge is -2.25. The zero-order valence-corrected chi connectivity index (χ0v) is 12.3. The number of aromatic nitrogens is 1. The maximum atomic E-state index is 14.1. The number of hydrogen-bond donors (Lipinski definition) is 2. The fourth-order valence-corrected chi connectivity index (χ4v) is 2.79. The van der Waals surface area contributed by atoms with Crippen molar-refractivity contribution in [3.05, 3.63) is 40.8 Å². The fraction of sp³-hybridized carbons (Fsp3) is 0.471. The van der Waals surface area contributed by atoms with Crippen LogP contribution in [-0.2, 0) is 13.2 Å². The summed E-state index contributed by atoms with van der Waals surface area (Å²) < 4.78 is 14.1. The van der Waals surface area contributed by atoms with E-state index in [-0.39, 0.29) is 12.4 Å². The Morgan fingerprint density at radius 1 is 1.29 bits per heavy atom. The molecule has 0 spiro atoms. The Balaban J connectivity index is 1.80. The Morgan fingerprint density at radius 2 is 2.05 bits per heavy atom. The molecule has 112 valence electrons. The van der Waals surface area contributed by atoms with Gasteiger partial charge in [-0.25, -0.2) is 4.39 Å². The lowest BCUT2D eigenvalue weighted by atomic mass is 9.85. The molecule has 0 bridgehead atoms. The van der Waals surface area contributed by atoms with E-state index in [2.05, 4.69) is 10.3 Å². The SMILES string of the molecule is Cc1nc2cc(F)c(CNCC3CCC3)cc2cc1CO. The molecule has 0 atom stereocenters. The predicted molar refractivity (Wildman–Crippen MR) is 81.4 cm³/mol. The lowest BCUT2D eigenvalue weighted by Crippen LogP contribution is -2.27. The molecule has 1 saturated carbocycles. The minimum atomic E-state index is -0.216. The summed E-state index contributed by atoms with van der Waals surface area (Å²) in [5.74, 6) is 0.547. The van der Waals surface area contributed by atoms with Crippen LogP contribution in [0.2, 0.25) is 0 Å². The van der Waals surface area contributed by atoms with Gasteiger partial charge in [-0.3, -0.25) is 4.98 Å². The molecule has 0 aliphatic heterocycles. The van der Waals surface area contributed by atoms with E-state index in [1.54, 1.807) is 0 Å². The van der Waals surface area contributed by atoms with Gasteiger partial charge >= 0.3 is 0 Å². The van der Waals surface area contributed by atoms with Gasteiger partial charge in [-0.05, 0) is 49.9 Å². The minimum Gasteiger partial charge on any atom is -0.392 e. The molecule has 21 heavy (non-hydrogen) atoms. The zero-order valence-electron chi connectivity index (χ0n) is 12.3. The number of benzene rings is 1. The highest BCUT2D eigenvalue weighted by molar-refractivity contribution is 5.80. The van der Waals surface area contributed by atoms with Gasteiger partial charge < -0.3 is 10.4 Å². The number of nitrogens with one attached hydrogen (secondary N) is 1. The van der Waals surface area contributed by atoms with Crippen molar-refractivity contribution in [2.24, 2.45) is 5.92 Å². The van der Waals surface area contributed by atoms with Gasteiger partial charge in [0.05, 0.1) is 12.1 Å². The first-order chi connectivity index (χ1) is 10.2. The van der Waals surface area contributed by atoms with Crippen molar-refractivity contribution < 1.29 is 9.50 Å². The smallest absolute Gasteiger partial charge is 0.129 e. The molecule has 1 heterocycles. The van der Waals surface area contributed by atoms with Crippen LogP contribution >= 0.6 is 0 Å². The van der Waals surface area contributed by atoms with Crippen LogP contribution < -0.4 is 5.32 Å². The summed E-state index contributed by atoms with van der Waals surface area (Å²) in [5, 5.41) is 13.5. The Labute approximate surface area is 124 Å². The third-order valence-electron chi connectivity index (χ3n) is 4.42. The van der Waals surface area contributed by atoms with Gasteiger partial charge in [-0.2, -0.15) is 0 Å². The van der Waals surface area contributed by atoms with Crippen LogP contribution in [0.5, 0.6) is 0 Å². The van der Waals surface area contributed by atoms with E-state index < -0.39 is 0 Å². The van der Waals surface area contributed by atoms with Crippen molar-refractivity contribution in [3.63, 3.8) is 0 Å². The van der Waals surface area contributed by atoms with Crippen LogP contribution in [-0.4, -0.2) is 16.6 Å². The zero-order chi connectivity index (χ0) is 14.8. The number of aryl methyl sites for hydroxylation is 1. The number of hydrogen-bond acceptors (Lipinski definition) is 3. The van der Waals surface area contributed by atoms with Gasteiger partial charge in [0.1, 0.15) is 5.82 Å². The molecule has 4 heteroatoms. The summed E-state index contributed by atoms with van der Waals surface area (Å²) in [4.78, 5) is 4.36. The van der Waals surface area contributed by atoms with Gasteiger partial charge in [0, 0.05) is 29.3 Å². The number of fused-ring (bicyclic) bond motifs is 1. The molecule has 1 aliphatic carbocycles. The fourth-order valence-electron chi connectivity index (χ4n) is 2.79. The maximum Gasteiger partial charge on any atom is 0.129 e. The summed E-state index contributed by atoms with van der Waals surface area (Å²) in [7, 11) is 0. The summed E-state index contributed by atoms with van der Waals surface area (Å²) >= 11 is 0. The van der Waals surface area contributed by atoms with Crippen molar-refractivity contribution in [1.29, 1.82) is 0 Å². The van der Waals surface area contributed by atoms with E-state index in [1.807, 2.05) is 19.1 Å². The molecule has 0 amide bonds. The molecule has 0 radical (unpaired) electrons. The molecule has 1 aromatic heterocycles. The maximum absolute atomic E-state index is 14.1. The Morgan fingerprint density at radius 3 is 2.71 bits per heavy atom. The van der Waals surface area contributed by atoms with Gasteiger partial charge in [-0.1, -0.05) is 6.42 Å². The molecular weight excluding hydrogens is 267 g/mol. The van der Waals surface area contributed by atoms with Gasteiger partial charge in [-0.15, -0.1) is 0 Å². The first-order valence-corrected chi connectivity index (χ1v) is 7.57. The van der Waals surface area contributed by atoms with Gasteiger partial charge in [0.15, 0.2) is 0 Å². The van der Waals surface area contributed by atoms with Crippen LogP contribution in [0.3, 0.4) is 0 Å². The summed E-state index contributed by atoms with van der Waals surface area (Å²) in [5.41, 5.74) is 2.85. The topological polar surface area (TPSA) is 45.2 Å². The van der Waals surface area contributed by atoms with Gasteiger partial charge in [0.25, 0.3) is 0 Å². The largest absolute Gasteiger partial charge is 0.392 e. The Bertz CT molecular complexity index is 653. The van der Waals surface area contributed by atoms with Gasteiger partial charge in [0.2, 0.25) is 0 Å². The monoisotopic (exact) mass is 288 g/mol. The second kappa shape index (κ2) is 6.08. The number of rotatable bonds is 5. The number of pyridine rings is 1. The highest BCUT2D eigenvalue weighted by Crippen LogP contribution is 2.25. The molecule has 2 aromatic rings. The molecule has 1 aromatic carbocycles. The molecule has 0 saturated heterocycles. The molecule has 3 nitrogen and oxygen atoms in total. The van der Waals surface area contributed by atoms with E-state index in [9.17, 15) is 9.50 Å². The number of nitrogens with zero attached hydrogens (tertiary/aromatic N) is 1. The van der Waals surface area contributed by atoms with E-state index in [1.165, 1.54) is 25.3 Å². The second-order valence-electron chi connectivity index (χ2n) is 5.96. The van der Waals surface area contributed by atoms with E-state index in [0.29, 0.717) is 17.6 Å². The molecular formula is C17H21FN2O. The van der Waals surface area contributed by atoms with Crippen molar-refractivity contribution in [1.82, 2.24) is 10.3 Å². The van der Waals surface area contributed by atoms with Crippen LogP contribution in [0.15, 0.2) is 18.2 Å². The van der Waals surface area contributed by atoms with Crippen LogP contribution in [0.1, 0.15) is 36.1 Å². The minimum absolute atomic E-state index is 0.0403. The van der Waals surface area contributed by atoms with Crippen molar-refractivity contribution >= 4 is 10.9 Å². The first kappa shape index (κ1) is 14.4. The molecule has 3 rings (SSSR count). The highest BCUT2D eigenvalue weighted by Gasteiger charge is 2.16. The first-order valence-electron chi connectivity index (χ1n) is 7.57. The Hall–Kier alpha value is -1.52. The number of aliphatic hydroxyl groups excluding tert-OH is 1. The number of halogens is 1.